The molecule has 1 aliphatic carbocycles. The van der Waals surface area contributed by atoms with Gasteiger partial charge in [-0.25, -0.2) is 4.68 Å². The summed E-state index contributed by atoms with van der Waals surface area (Å²) < 4.78 is 1.63. The zero-order valence-corrected chi connectivity index (χ0v) is 14.5. The van der Waals surface area contributed by atoms with Crippen LogP contribution in [-0.4, -0.2) is 45.4 Å². The Kier molecular flexibility index (Phi) is 5.21. The molecule has 2 aromatic rings. The van der Waals surface area contributed by atoms with E-state index in [0.29, 0.717) is 16.6 Å². The molecule has 1 N–H and O–H groups in total. The van der Waals surface area contributed by atoms with Crippen molar-refractivity contribution in [3.8, 4) is 5.69 Å². The molecule has 5 nitrogen and oxygen atoms in total. The first-order valence-electron chi connectivity index (χ1n) is 8.28. The quantitative estimate of drug-likeness (QED) is 0.924. The highest BCUT2D eigenvalue weighted by Crippen LogP contribution is 2.27. The largest absolute Gasteiger partial charge is 0.396 e. The van der Waals surface area contributed by atoms with Crippen molar-refractivity contribution >= 4 is 17.5 Å². The Bertz CT molecular complexity index is 708. The Morgan fingerprint density at radius 1 is 1.29 bits per heavy atom. The summed E-state index contributed by atoms with van der Waals surface area (Å²) in [4.78, 5) is 14.5. The molecule has 1 amide bonds. The lowest BCUT2D eigenvalue weighted by molar-refractivity contribution is 0.0646. The number of benzene rings is 1. The minimum atomic E-state index is -0.0757. The van der Waals surface area contributed by atoms with Crippen molar-refractivity contribution in [2.24, 2.45) is 5.92 Å². The molecule has 1 aromatic heterocycles. The van der Waals surface area contributed by atoms with E-state index < -0.39 is 0 Å². The number of carbonyl (C=O) groups excluding carboxylic acids is 1. The molecule has 0 radical (unpaired) electrons. The van der Waals surface area contributed by atoms with Crippen LogP contribution in [0.1, 0.15) is 36.2 Å². The van der Waals surface area contributed by atoms with Gasteiger partial charge >= 0.3 is 0 Å². The fourth-order valence-electron chi connectivity index (χ4n) is 3.27. The molecule has 1 heterocycles. The third kappa shape index (κ3) is 3.47. The lowest BCUT2D eigenvalue weighted by Gasteiger charge is -2.33. The predicted molar refractivity (Wildman–Crippen MR) is 93.5 cm³/mol. The SMILES string of the molecule is CN(C(=O)c1ccn(-c2ccccc2Cl)n1)C1CCC(CO)CC1. The maximum Gasteiger partial charge on any atom is 0.274 e. The first kappa shape index (κ1) is 17.0. The van der Waals surface area contributed by atoms with Gasteiger partial charge in [0.15, 0.2) is 5.69 Å². The third-order valence-electron chi connectivity index (χ3n) is 4.85. The van der Waals surface area contributed by atoms with Crippen molar-refractivity contribution in [3.63, 3.8) is 0 Å². The van der Waals surface area contributed by atoms with Gasteiger partial charge in [-0.1, -0.05) is 23.7 Å². The van der Waals surface area contributed by atoms with Gasteiger partial charge in [-0.2, -0.15) is 5.10 Å². The van der Waals surface area contributed by atoms with Crippen LogP contribution >= 0.6 is 11.6 Å². The lowest BCUT2D eigenvalue weighted by Crippen LogP contribution is -2.40. The van der Waals surface area contributed by atoms with Gasteiger partial charge in [0.1, 0.15) is 0 Å². The van der Waals surface area contributed by atoms with Crippen molar-refractivity contribution in [1.82, 2.24) is 14.7 Å². The van der Waals surface area contributed by atoms with E-state index >= 15 is 0 Å². The number of amides is 1. The normalized spacial score (nSPS) is 20.8. The van der Waals surface area contributed by atoms with Crippen LogP contribution < -0.4 is 0 Å². The van der Waals surface area contributed by atoms with Gasteiger partial charge in [-0.3, -0.25) is 4.79 Å². The first-order chi connectivity index (χ1) is 11.6. The van der Waals surface area contributed by atoms with Crippen LogP contribution in [0, 0.1) is 5.92 Å². The lowest BCUT2D eigenvalue weighted by atomic mass is 9.86. The summed E-state index contributed by atoms with van der Waals surface area (Å²) in [7, 11) is 1.83. The molecule has 0 bridgehead atoms. The Balaban J connectivity index is 1.71. The maximum absolute atomic E-state index is 12.7. The molecular weight excluding hydrogens is 326 g/mol. The van der Waals surface area contributed by atoms with Gasteiger partial charge in [-0.15, -0.1) is 0 Å². The van der Waals surface area contributed by atoms with Crippen LogP contribution in [0.2, 0.25) is 5.02 Å². The summed E-state index contributed by atoms with van der Waals surface area (Å²) in [5.74, 6) is 0.303. The number of para-hydroxylation sites is 1. The van der Waals surface area contributed by atoms with Gasteiger partial charge in [-0.05, 0) is 49.8 Å². The third-order valence-corrected chi connectivity index (χ3v) is 5.17. The minimum Gasteiger partial charge on any atom is -0.396 e. The number of nitrogens with zero attached hydrogens (tertiary/aromatic N) is 3. The van der Waals surface area contributed by atoms with Crippen LogP contribution in [-0.2, 0) is 0 Å². The molecule has 0 atom stereocenters. The Labute approximate surface area is 146 Å². The highest BCUT2D eigenvalue weighted by Gasteiger charge is 2.27. The molecule has 6 heteroatoms. The molecular formula is C18H22ClN3O2. The number of hydrogen-bond donors (Lipinski definition) is 1. The summed E-state index contributed by atoms with van der Waals surface area (Å²) in [5.41, 5.74) is 1.17. The second-order valence-corrected chi connectivity index (χ2v) is 6.78. The number of rotatable bonds is 4. The Hall–Kier alpha value is -1.85. The number of halogens is 1. The fraction of sp³-hybridized carbons (Fsp3) is 0.444. The standard InChI is InChI=1S/C18H22ClN3O2/c1-21(14-8-6-13(12-23)7-9-14)18(24)16-10-11-22(20-16)17-5-3-2-4-15(17)19/h2-5,10-11,13-14,23H,6-9,12H2,1H3. The van der Waals surface area contributed by atoms with E-state index in [4.69, 9.17) is 11.6 Å². The topological polar surface area (TPSA) is 58.4 Å². The smallest absolute Gasteiger partial charge is 0.274 e. The zero-order valence-electron chi connectivity index (χ0n) is 13.7. The van der Waals surface area contributed by atoms with Gasteiger partial charge in [0, 0.05) is 25.9 Å². The van der Waals surface area contributed by atoms with Crippen molar-refractivity contribution in [1.29, 1.82) is 0 Å². The number of aliphatic hydroxyl groups excluding tert-OH is 1. The maximum atomic E-state index is 12.7. The summed E-state index contributed by atoms with van der Waals surface area (Å²) in [6.45, 7) is 0.243. The zero-order chi connectivity index (χ0) is 17.1. The highest BCUT2D eigenvalue weighted by atomic mass is 35.5. The van der Waals surface area contributed by atoms with Crippen LogP contribution in [0.15, 0.2) is 36.5 Å². The molecule has 3 rings (SSSR count). The van der Waals surface area contributed by atoms with E-state index in [2.05, 4.69) is 5.10 Å². The number of carbonyl (C=O) groups is 1. The molecule has 1 saturated carbocycles. The van der Waals surface area contributed by atoms with E-state index in [-0.39, 0.29) is 18.6 Å². The molecule has 0 aliphatic heterocycles. The Morgan fingerprint density at radius 2 is 2.00 bits per heavy atom. The van der Waals surface area contributed by atoms with Crippen molar-refractivity contribution in [2.75, 3.05) is 13.7 Å². The Morgan fingerprint density at radius 3 is 2.67 bits per heavy atom. The van der Waals surface area contributed by atoms with Crippen molar-refractivity contribution in [3.05, 3.63) is 47.2 Å². The van der Waals surface area contributed by atoms with E-state index in [1.807, 2.05) is 25.2 Å². The molecule has 1 aliphatic rings. The van der Waals surface area contributed by atoms with Crippen LogP contribution in [0.4, 0.5) is 0 Å². The monoisotopic (exact) mass is 347 g/mol. The molecule has 1 fully saturated rings. The van der Waals surface area contributed by atoms with Crippen LogP contribution in [0.5, 0.6) is 0 Å². The molecule has 24 heavy (non-hydrogen) atoms. The predicted octanol–water partition coefficient (Wildman–Crippen LogP) is 3.15. The van der Waals surface area contributed by atoms with Crippen molar-refractivity contribution < 1.29 is 9.90 Å². The summed E-state index contributed by atoms with van der Waals surface area (Å²) in [5, 5.41) is 14.2. The van der Waals surface area contributed by atoms with Gasteiger partial charge in [0.2, 0.25) is 0 Å². The fourth-order valence-corrected chi connectivity index (χ4v) is 3.49. The number of aromatic nitrogens is 2. The van der Waals surface area contributed by atoms with Gasteiger partial charge in [0.05, 0.1) is 10.7 Å². The van der Waals surface area contributed by atoms with E-state index in [9.17, 15) is 9.90 Å². The van der Waals surface area contributed by atoms with Crippen LogP contribution in [0.25, 0.3) is 5.69 Å². The molecule has 0 spiro atoms. The summed E-state index contributed by atoms with van der Waals surface area (Å²) in [6, 6.07) is 9.34. The molecule has 0 saturated heterocycles. The average molecular weight is 348 g/mol. The van der Waals surface area contributed by atoms with Gasteiger partial charge in [0.25, 0.3) is 5.91 Å². The minimum absolute atomic E-state index is 0.0757. The van der Waals surface area contributed by atoms with E-state index in [1.54, 1.807) is 27.9 Å². The molecule has 128 valence electrons. The number of aliphatic hydroxyl groups is 1. The average Bonchev–Trinajstić information content (AvgIpc) is 3.11. The second-order valence-electron chi connectivity index (χ2n) is 6.37. The van der Waals surface area contributed by atoms with Crippen molar-refractivity contribution in [2.45, 2.75) is 31.7 Å². The van der Waals surface area contributed by atoms with Gasteiger partial charge < -0.3 is 10.0 Å². The number of hydrogen-bond acceptors (Lipinski definition) is 3. The second kappa shape index (κ2) is 7.36. The highest BCUT2D eigenvalue weighted by molar-refractivity contribution is 6.32. The van der Waals surface area contributed by atoms with Crippen LogP contribution in [0.3, 0.4) is 0 Å². The molecule has 1 aromatic carbocycles. The van der Waals surface area contributed by atoms with E-state index in [0.717, 1.165) is 31.4 Å². The summed E-state index contributed by atoms with van der Waals surface area (Å²) >= 11 is 6.18. The summed E-state index contributed by atoms with van der Waals surface area (Å²) in [6.07, 6.45) is 5.54. The first-order valence-corrected chi connectivity index (χ1v) is 8.66. The molecule has 0 unspecified atom stereocenters. The van der Waals surface area contributed by atoms with E-state index in [1.165, 1.54) is 0 Å².